The zero-order valence-electron chi connectivity index (χ0n) is 24.7. The smallest absolute Gasteiger partial charge is 0.164 e. The van der Waals surface area contributed by atoms with Crippen molar-refractivity contribution in [3.8, 4) is 45.5 Å². The number of aromatic nitrogens is 6. The molecule has 0 radical (unpaired) electrons. The standard InChI is InChI=1S/C40H26N6/c1-4-13-27(14-5-1)38-42-39(28-15-6-2-7-16-28)44-40(43-38)29-17-12-20-32(23-29)45-35-22-11-10-21-33(35)34-24-30-26-41-46(36(30)25-37(34)45)31-18-8-3-9-19-31/h1-26H. The van der Waals surface area contributed by atoms with E-state index in [1.54, 1.807) is 0 Å². The lowest BCUT2D eigenvalue weighted by molar-refractivity contribution is 0.911. The Hall–Kier alpha value is -6.40. The summed E-state index contributed by atoms with van der Waals surface area (Å²) in [4.78, 5) is 14.8. The van der Waals surface area contributed by atoms with Gasteiger partial charge in [0.2, 0.25) is 0 Å². The molecule has 0 unspecified atom stereocenters. The summed E-state index contributed by atoms with van der Waals surface area (Å²) in [6, 6.07) is 51.9. The first-order valence-corrected chi connectivity index (χ1v) is 15.2. The van der Waals surface area contributed by atoms with Crippen molar-refractivity contribution in [3.63, 3.8) is 0 Å². The van der Waals surface area contributed by atoms with Crippen molar-refractivity contribution in [2.24, 2.45) is 0 Å². The molecule has 0 spiro atoms. The van der Waals surface area contributed by atoms with E-state index in [9.17, 15) is 0 Å². The Morgan fingerprint density at radius 2 is 0.957 bits per heavy atom. The molecule has 0 amide bonds. The molecule has 46 heavy (non-hydrogen) atoms. The minimum atomic E-state index is 0.625. The Morgan fingerprint density at radius 3 is 1.65 bits per heavy atom. The molecule has 6 heteroatoms. The zero-order chi connectivity index (χ0) is 30.5. The summed E-state index contributed by atoms with van der Waals surface area (Å²) in [5.74, 6) is 1.91. The molecule has 0 saturated carbocycles. The Balaban J connectivity index is 1.26. The van der Waals surface area contributed by atoms with Gasteiger partial charge >= 0.3 is 0 Å². The molecule has 9 aromatic rings. The zero-order valence-corrected chi connectivity index (χ0v) is 24.7. The van der Waals surface area contributed by atoms with Crippen LogP contribution in [0.25, 0.3) is 78.2 Å². The van der Waals surface area contributed by atoms with Crippen LogP contribution in [0.2, 0.25) is 0 Å². The Morgan fingerprint density at radius 1 is 0.391 bits per heavy atom. The molecule has 0 aliphatic carbocycles. The molecule has 6 aromatic carbocycles. The molecular formula is C40H26N6. The maximum Gasteiger partial charge on any atom is 0.164 e. The summed E-state index contributed by atoms with van der Waals surface area (Å²) in [5.41, 5.74) is 8.15. The lowest BCUT2D eigenvalue weighted by atomic mass is 10.1. The third-order valence-electron chi connectivity index (χ3n) is 8.42. The Kier molecular flexibility index (Phi) is 6.03. The second-order valence-electron chi connectivity index (χ2n) is 11.3. The van der Waals surface area contributed by atoms with Gasteiger partial charge in [-0.25, -0.2) is 19.6 Å². The van der Waals surface area contributed by atoms with Gasteiger partial charge in [-0.3, -0.25) is 0 Å². The number of rotatable bonds is 5. The first-order chi connectivity index (χ1) is 22.8. The second kappa shape index (κ2) is 10.6. The minimum absolute atomic E-state index is 0.625. The Labute approximate surface area is 264 Å². The molecule has 6 nitrogen and oxygen atoms in total. The van der Waals surface area contributed by atoms with Crippen molar-refractivity contribution in [3.05, 3.63) is 158 Å². The van der Waals surface area contributed by atoms with E-state index < -0.39 is 0 Å². The van der Waals surface area contributed by atoms with Gasteiger partial charge in [-0.05, 0) is 42.5 Å². The number of fused-ring (bicyclic) bond motifs is 4. The predicted molar refractivity (Wildman–Crippen MR) is 185 cm³/mol. The highest BCUT2D eigenvalue weighted by atomic mass is 15.3. The van der Waals surface area contributed by atoms with E-state index >= 15 is 0 Å². The maximum atomic E-state index is 4.98. The fourth-order valence-corrected chi connectivity index (χ4v) is 6.26. The van der Waals surface area contributed by atoms with Gasteiger partial charge in [0.1, 0.15) is 0 Å². The van der Waals surface area contributed by atoms with Crippen LogP contribution in [-0.2, 0) is 0 Å². The van der Waals surface area contributed by atoms with Crippen LogP contribution in [0, 0.1) is 0 Å². The van der Waals surface area contributed by atoms with Gasteiger partial charge in [-0.1, -0.05) is 109 Å². The summed E-state index contributed by atoms with van der Waals surface area (Å²) < 4.78 is 4.33. The second-order valence-corrected chi connectivity index (χ2v) is 11.3. The maximum absolute atomic E-state index is 4.98. The number of para-hydroxylation sites is 2. The first kappa shape index (κ1) is 26.0. The first-order valence-electron chi connectivity index (χ1n) is 15.2. The van der Waals surface area contributed by atoms with Crippen molar-refractivity contribution in [1.29, 1.82) is 0 Å². The molecular weight excluding hydrogens is 564 g/mol. The molecule has 0 atom stereocenters. The minimum Gasteiger partial charge on any atom is -0.309 e. The molecule has 3 aromatic heterocycles. The van der Waals surface area contributed by atoms with Crippen LogP contribution in [0.1, 0.15) is 0 Å². The fourth-order valence-electron chi connectivity index (χ4n) is 6.26. The Bertz CT molecular complexity index is 2460. The summed E-state index contributed by atoms with van der Waals surface area (Å²) in [5, 5.41) is 8.22. The van der Waals surface area contributed by atoms with Gasteiger partial charge in [0.15, 0.2) is 17.5 Å². The van der Waals surface area contributed by atoms with Crippen LogP contribution < -0.4 is 0 Å². The molecule has 0 N–H and O–H groups in total. The third kappa shape index (κ3) is 4.35. The summed E-state index contributed by atoms with van der Waals surface area (Å²) in [7, 11) is 0. The highest BCUT2D eigenvalue weighted by Crippen LogP contribution is 2.36. The summed E-state index contributed by atoms with van der Waals surface area (Å²) >= 11 is 0. The number of benzene rings is 6. The van der Waals surface area contributed by atoms with Crippen LogP contribution in [0.15, 0.2) is 158 Å². The molecule has 216 valence electrons. The normalized spacial score (nSPS) is 11.5. The lowest BCUT2D eigenvalue weighted by Crippen LogP contribution is -2.01. The van der Waals surface area contributed by atoms with Crippen molar-refractivity contribution >= 4 is 32.7 Å². The van der Waals surface area contributed by atoms with Gasteiger partial charge in [0, 0.05) is 38.5 Å². The molecule has 3 heterocycles. The quantitative estimate of drug-likeness (QED) is 0.200. The molecule has 0 fully saturated rings. The van der Waals surface area contributed by atoms with Crippen molar-refractivity contribution in [2.75, 3.05) is 0 Å². The molecule has 9 rings (SSSR count). The van der Waals surface area contributed by atoms with Gasteiger partial charge in [0.05, 0.1) is 28.4 Å². The van der Waals surface area contributed by atoms with Crippen LogP contribution in [-0.4, -0.2) is 29.3 Å². The van der Waals surface area contributed by atoms with Crippen molar-refractivity contribution in [1.82, 2.24) is 29.3 Å². The van der Waals surface area contributed by atoms with Gasteiger partial charge in [-0.15, -0.1) is 0 Å². The predicted octanol–water partition coefficient (Wildman–Crippen LogP) is 9.31. The number of nitrogens with zero attached hydrogens (tertiary/aromatic N) is 6. The average Bonchev–Trinajstić information content (AvgIpc) is 3.70. The van der Waals surface area contributed by atoms with Crippen LogP contribution in [0.3, 0.4) is 0 Å². The average molecular weight is 591 g/mol. The number of hydrogen-bond donors (Lipinski definition) is 0. The SMILES string of the molecule is c1ccc(-c2nc(-c3ccccc3)nc(-c3cccc(-n4c5ccccc5c5cc6cnn(-c7ccccc7)c6cc54)c3)n2)cc1. The lowest BCUT2D eigenvalue weighted by Gasteiger charge is -2.12. The van der Waals surface area contributed by atoms with E-state index in [4.69, 9.17) is 20.1 Å². The molecule has 0 saturated heterocycles. The van der Waals surface area contributed by atoms with Crippen molar-refractivity contribution < 1.29 is 0 Å². The van der Waals surface area contributed by atoms with E-state index in [1.165, 1.54) is 10.8 Å². The highest BCUT2D eigenvalue weighted by molar-refractivity contribution is 6.13. The van der Waals surface area contributed by atoms with E-state index in [-0.39, 0.29) is 0 Å². The monoisotopic (exact) mass is 590 g/mol. The molecule has 0 aliphatic heterocycles. The van der Waals surface area contributed by atoms with Crippen LogP contribution >= 0.6 is 0 Å². The molecule has 0 bridgehead atoms. The highest BCUT2D eigenvalue weighted by Gasteiger charge is 2.17. The van der Waals surface area contributed by atoms with E-state index in [1.807, 2.05) is 89.7 Å². The topological polar surface area (TPSA) is 61.4 Å². The van der Waals surface area contributed by atoms with Gasteiger partial charge in [0.25, 0.3) is 0 Å². The van der Waals surface area contributed by atoms with Crippen molar-refractivity contribution in [2.45, 2.75) is 0 Å². The van der Waals surface area contributed by atoms with Crippen LogP contribution in [0.5, 0.6) is 0 Å². The van der Waals surface area contributed by atoms with Gasteiger partial charge in [-0.2, -0.15) is 5.10 Å². The molecule has 0 aliphatic rings. The van der Waals surface area contributed by atoms with E-state index in [0.29, 0.717) is 17.5 Å². The largest absolute Gasteiger partial charge is 0.309 e. The van der Waals surface area contributed by atoms with Crippen LogP contribution in [0.4, 0.5) is 0 Å². The van der Waals surface area contributed by atoms with Gasteiger partial charge < -0.3 is 4.57 Å². The number of hydrogen-bond acceptors (Lipinski definition) is 4. The van der Waals surface area contributed by atoms with E-state index in [0.717, 1.165) is 50.0 Å². The third-order valence-corrected chi connectivity index (χ3v) is 8.42. The summed E-state index contributed by atoms with van der Waals surface area (Å²) in [6.07, 6.45) is 1.95. The fraction of sp³-hybridized carbons (Fsp3) is 0. The van der Waals surface area contributed by atoms with E-state index in [2.05, 4.69) is 77.4 Å². The summed E-state index contributed by atoms with van der Waals surface area (Å²) in [6.45, 7) is 0.